The molecular formula is C10H16N2O3. The van der Waals surface area contributed by atoms with Gasteiger partial charge in [0.2, 0.25) is 0 Å². The van der Waals surface area contributed by atoms with Crippen LogP contribution in [0.4, 0.5) is 0 Å². The number of rotatable bonds is 4. The number of hydrogen-bond donors (Lipinski definition) is 1. The highest BCUT2D eigenvalue weighted by molar-refractivity contribution is 5.86. The zero-order valence-corrected chi connectivity index (χ0v) is 9.23. The average molecular weight is 212 g/mol. The Bertz CT molecular complexity index is 344. The Kier molecular flexibility index (Phi) is 3.47. The van der Waals surface area contributed by atoms with Crippen LogP contribution in [-0.4, -0.2) is 33.8 Å². The van der Waals surface area contributed by atoms with Gasteiger partial charge in [0, 0.05) is 6.20 Å². The number of aliphatic hydroxyl groups is 1. The second-order valence-corrected chi connectivity index (χ2v) is 3.86. The largest absolute Gasteiger partial charge is 0.461 e. The van der Waals surface area contributed by atoms with Gasteiger partial charge in [-0.05, 0) is 20.8 Å². The Morgan fingerprint density at radius 1 is 1.67 bits per heavy atom. The summed E-state index contributed by atoms with van der Waals surface area (Å²) in [5.41, 5.74) is -0.198. The molecule has 0 fully saturated rings. The SMILES string of the molecule is CCOC(=O)c1cn(C(C)(C)CO)cn1. The monoisotopic (exact) mass is 212 g/mol. The van der Waals surface area contributed by atoms with Crippen molar-refractivity contribution in [3.8, 4) is 0 Å². The quantitative estimate of drug-likeness (QED) is 0.749. The van der Waals surface area contributed by atoms with E-state index in [4.69, 9.17) is 9.84 Å². The number of carbonyl (C=O) groups is 1. The third-order valence-electron chi connectivity index (χ3n) is 2.15. The summed E-state index contributed by atoms with van der Waals surface area (Å²) < 4.78 is 6.50. The van der Waals surface area contributed by atoms with E-state index in [0.29, 0.717) is 6.61 Å². The van der Waals surface area contributed by atoms with E-state index >= 15 is 0 Å². The number of ether oxygens (including phenoxy) is 1. The topological polar surface area (TPSA) is 64.3 Å². The maximum atomic E-state index is 11.3. The normalized spacial score (nSPS) is 11.5. The third-order valence-corrected chi connectivity index (χ3v) is 2.15. The van der Waals surface area contributed by atoms with E-state index in [-0.39, 0.29) is 12.3 Å². The molecule has 0 radical (unpaired) electrons. The summed E-state index contributed by atoms with van der Waals surface area (Å²) in [6, 6.07) is 0. The summed E-state index contributed by atoms with van der Waals surface area (Å²) in [7, 11) is 0. The van der Waals surface area contributed by atoms with Crippen LogP contribution in [0, 0.1) is 0 Å². The van der Waals surface area contributed by atoms with Crippen LogP contribution in [0.15, 0.2) is 12.5 Å². The summed E-state index contributed by atoms with van der Waals surface area (Å²) in [6.45, 7) is 5.75. The number of hydrogen-bond acceptors (Lipinski definition) is 4. The lowest BCUT2D eigenvalue weighted by molar-refractivity contribution is 0.0519. The van der Waals surface area contributed by atoms with Crippen LogP contribution in [0.2, 0.25) is 0 Å². The molecule has 1 aromatic heterocycles. The number of aliphatic hydroxyl groups excluding tert-OH is 1. The van der Waals surface area contributed by atoms with Crippen molar-refractivity contribution in [3.05, 3.63) is 18.2 Å². The fraction of sp³-hybridized carbons (Fsp3) is 0.600. The first kappa shape index (κ1) is 11.7. The standard InChI is InChI=1S/C10H16N2O3/c1-4-15-9(14)8-5-12(7-11-8)10(2,3)6-13/h5,7,13H,4,6H2,1-3H3. The van der Waals surface area contributed by atoms with Crippen molar-refractivity contribution in [2.45, 2.75) is 26.3 Å². The van der Waals surface area contributed by atoms with Crippen LogP contribution in [0.1, 0.15) is 31.3 Å². The summed E-state index contributed by atoms with van der Waals surface area (Å²) in [5.74, 6) is -0.440. The Morgan fingerprint density at radius 3 is 2.87 bits per heavy atom. The van der Waals surface area contributed by atoms with E-state index in [2.05, 4.69) is 4.98 Å². The zero-order chi connectivity index (χ0) is 11.5. The second-order valence-electron chi connectivity index (χ2n) is 3.86. The van der Waals surface area contributed by atoms with Gasteiger partial charge >= 0.3 is 5.97 Å². The molecule has 0 aliphatic carbocycles. The summed E-state index contributed by atoms with van der Waals surface area (Å²) >= 11 is 0. The predicted molar refractivity (Wildman–Crippen MR) is 54.6 cm³/mol. The van der Waals surface area contributed by atoms with Crippen molar-refractivity contribution < 1.29 is 14.6 Å². The van der Waals surface area contributed by atoms with E-state index < -0.39 is 11.5 Å². The van der Waals surface area contributed by atoms with E-state index in [1.165, 1.54) is 6.33 Å². The van der Waals surface area contributed by atoms with Gasteiger partial charge in [0.1, 0.15) is 0 Å². The number of carbonyl (C=O) groups excluding carboxylic acids is 1. The molecule has 15 heavy (non-hydrogen) atoms. The highest BCUT2D eigenvalue weighted by Crippen LogP contribution is 2.14. The van der Waals surface area contributed by atoms with Gasteiger partial charge in [-0.15, -0.1) is 0 Å². The highest BCUT2D eigenvalue weighted by atomic mass is 16.5. The van der Waals surface area contributed by atoms with Crippen molar-refractivity contribution in [1.29, 1.82) is 0 Å². The van der Waals surface area contributed by atoms with Gasteiger partial charge < -0.3 is 14.4 Å². The van der Waals surface area contributed by atoms with Crippen LogP contribution in [0.25, 0.3) is 0 Å². The van der Waals surface area contributed by atoms with Gasteiger partial charge in [-0.2, -0.15) is 0 Å². The maximum absolute atomic E-state index is 11.3. The lowest BCUT2D eigenvalue weighted by Gasteiger charge is -2.23. The number of imidazole rings is 1. The van der Waals surface area contributed by atoms with Crippen LogP contribution in [-0.2, 0) is 10.3 Å². The number of aromatic nitrogens is 2. The number of nitrogens with zero attached hydrogens (tertiary/aromatic N) is 2. The van der Waals surface area contributed by atoms with Crippen molar-refractivity contribution in [2.24, 2.45) is 0 Å². The molecule has 0 unspecified atom stereocenters. The van der Waals surface area contributed by atoms with E-state index in [9.17, 15) is 4.79 Å². The minimum atomic E-state index is -0.461. The number of esters is 1. The predicted octanol–water partition coefficient (Wildman–Crippen LogP) is 0.787. The molecule has 0 amide bonds. The smallest absolute Gasteiger partial charge is 0.358 e. The Labute approximate surface area is 88.7 Å². The lowest BCUT2D eigenvalue weighted by atomic mass is 10.1. The minimum absolute atomic E-state index is 0.0222. The van der Waals surface area contributed by atoms with E-state index in [0.717, 1.165) is 0 Å². The van der Waals surface area contributed by atoms with Crippen molar-refractivity contribution in [3.63, 3.8) is 0 Å². The van der Waals surface area contributed by atoms with Crippen molar-refractivity contribution >= 4 is 5.97 Å². The molecule has 0 atom stereocenters. The first-order valence-corrected chi connectivity index (χ1v) is 4.83. The fourth-order valence-electron chi connectivity index (χ4n) is 1.05. The van der Waals surface area contributed by atoms with Gasteiger partial charge in [0.05, 0.1) is 25.1 Å². The molecule has 0 aliphatic heterocycles. The van der Waals surface area contributed by atoms with Gasteiger partial charge in [-0.3, -0.25) is 0 Å². The molecule has 1 aromatic rings. The average Bonchev–Trinajstić information content (AvgIpc) is 2.67. The van der Waals surface area contributed by atoms with Crippen LogP contribution >= 0.6 is 0 Å². The molecule has 5 heteroatoms. The molecule has 0 saturated carbocycles. The summed E-state index contributed by atoms with van der Waals surface area (Å²) in [5, 5.41) is 9.13. The minimum Gasteiger partial charge on any atom is -0.461 e. The third kappa shape index (κ3) is 2.56. The highest BCUT2D eigenvalue weighted by Gasteiger charge is 2.20. The lowest BCUT2D eigenvalue weighted by Crippen LogP contribution is -2.29. The molecule has 0 aromatic carbocycles. The maximum Gasteiger partial charge on any atom is 0.358 e. The van der Waals surface area contributed by atoms with Gasteiger partial charge in [-0.25, -0.2) is 9.78 Å². The van der Waals surface area contributed by atoms with E-state index in [1.54, 1.807) is 17.7 Å². The summed E-state index contributed by atoms with van der Waals surface area (Å²) in [4.78, 5) is 15.2. The van der Waals surface area contributed by atoms with E-state index in [1.807, 2.05) is 13.8 Å². The second kappa shape index (κ2) is 4.44. The zero-order valence-electron chi connectivity index (χ0n) is 9.23. The molecule has 1 N–H and O–H groups in total. The van der Waals surface area contributed by atoms with Crippen LogP contribution in [0.5, 0.6) is 0 Å². The van der Waals surface area contributed by atoms with Gasteiger partial charge in [0.25, 0.3) is 0 Å². The molecule has 0 bridgehead atoms. The molecular weight excluding hydrogens is 196 g/mol. The summed E-state index contributed by atoms with van der Waals surface area (Å²) in [6.07, 6.45) is 3.09. The Hall–Kier alpha value is -1.36. The van der Waals surface area contributed by atoms with Gasteiger partial charge in [0.15, 0.2) is 5.69 Å². The Balaban J connectivity index is 2.85. The van der Waals surface area contributed by atoms with Crippen LogP contribution < -0.4 is 0 Å². The van der Waals surface area contributed by atoms with Crippen molar-refractivity contribution in [2.75, 3.05) is 13.2 Å². The fourth-order valence-corrected chi connectivity index (χ4v) is 1.05. The van der Waals surface area contributed by atoms with Gasteiger partial charge in [-0.1, -0.05) is 0 Å². The molecule has 1 rings (SSSR count). The van der Waals surface area contributed by atoms with Crippen molar-refractivity contribution in [1.82, 2.24) is 9.55 Å². The van der Waals surface area contributed by atoms with Crippen LogP contribution in [0.3, 0.4) is 0 Å². The first-order chi connectivity index (χ1) is 7.01. The molecule has 0 spiro atoms. The Morgan fingerprint density at radius 2 is 2.33 bits per heavy atom. The molecule has 0 saturated heterocycles. The molecule has 0 aliphatic rings. The molecule has 84 valence electrons. The molecule has 5 nitrogen and oxygen atoms in total. The first-order valence-electron chi connectivity index (χ1n) is 4.83. The molecule has 1 heterocycles.